The molecule has 0 unspecified atom stereocenters. The first-order chi connectivity index (χ1) is 16.8. The van der Waals surface area contributed by atoms with Crippen LogP contribution in [0, 0.1) is 28.6 Å². The summed E-state index contributed by atoms with van der Waals surface area (Å²) in [5.74, 6) is 0.620. The maximum absolute atomic E-state index is 12.0. The van der Waals surface area contributed by atoms with Crippen LogP contribution in [0.15, 0.2) is 36.7 Å². The van der Waals surface area contributed by atoms with E-state index >= 15 is 0 Å². The second-order valence-electron chi connectivity index (χ2n) is 7.75. The Hall–Kier alpha value is -4.09. The van der Waals surface area contributed by atoms with Crippen LogP contribution < -0.4 is 10.2 Å². The SMILES string of the molecule is CC(=O)N1CCN(c2ccc(C#N)cn2)CC1.CC(=O)N1CCNCC1.N#Cc1ccc(F)nc1. The third-order valence-corrected chi connectivity index (χ3v) is 5.34. The van der Waals surface area contributed by atoms with E-state index in [4.69, 9.17) is 10.5 Å². The molecule has 2 aromatic rings. The number of amides is 2. The normalized spacial score (nSPS) is 14.8. The van der Waals surface area contributed by atoms with Gasteiger partial charge in [-0.3, -0.25) is 9.59 Å². The summed E-state index contributed by atoms with van der Waals surface area (Å²) < 4.78 is 12.0. The van der Waals surface area contributed by atoms with Gasteiger partial charge in [0.25, 0.3) is 0 Å². The Labute approximate surface area is 204 Å². The van der Waals surface area contributed by atoms with Crippen molar-refractivity contribution in [3.8, 4) is 12.1 Å². The number of hydrogen-bond donors (Lipinski definition) is 1. The maximum atomic E-state index is 12.0. The first-order valence-corrected chi connectivity index (χ1v) is 11.2. The summed E-state index contributed by atoms with van der Waals surface area (Å²) in [5.41, 5.74) is 0.938. The van der Waals surface area contributed by atoms with E-state index < -0.39 is 5.95 Å². The van der Waals surface area contributed by atoms with Crippen molar-refractivity contribution in [3.05, 3.63) is 53.7 Å². The molecule has 0 spiro atoms. The van der Waals surface area contributed by atoms with Crippen molar-refractivity contribution in [1.82, 2.24) is 25.1 Å². The van der Waals surface area contributed by atoms with Crippen LogP contribution in [0.5, 0.6) is 0 Å². The molecule has 0 atom stereocenters. The fourth-order valence-corrected chi connectivity index (χ4v) is 3.31. The number of nitriles is 2. The van der Waals surface area contributed by atoms with Crippen molar-refractivity contribution in [3.63, 3.8) is 0 Å². The number of hydrogen-bond acceptors (Lipinski definition) is 8. The number of aromatic nitrogens is 2. The molecule has 4 rings (SSSR count). The summed E-state index contributed by atoms with van der Waals surface area (Å²) in [7, 11) is 0. The molecule has 0 aliphatic carbocycles. The van der Waals surface area contributed by atoms with Gasteiger partial charge in [-0.15, -0.1) is 0 Å². The molecule has 2 aromatic heterocycles. The van der Waals surface area contributed by atoms with Crippen LogP contribution in [0.2, 0.25) is 0 Å². The van der Waals surface area contributed by atoms with Crippen molar-refractivity contribution in [2.75, 3.05) is 57.3 Å². The number of piperazine rings is 2. The van der Waals surface area contributed by atoms with Gasteiger partial charge in [-0.05, 0) is 24.3 Å². The van der Waals surface area contributed by atoms with E-state index in [1.54, 1.807) is 26.1 Å². The molecule has 10 nitrogen and oxygen atoms in total. The lowest BCUT2D eigenvalue weighted by Gasteiger charge is -2.34. The van der Waals surface area contributed by atoms with Gasteiger partial charge >= 0.3 is 0 Å². The van der Waals surface area contributed by atoms with Gasteiger partial charge in [0, 0.05) is 78.6 Å². The first-order valence-electron chi connectivity index (χ1n) is 11.2. The molecule has 11 heteroatoms. The van der Waals surface area contributed by atoms with E-state index in [9.17, 15) is 14.0 Å². The van der Waals surface area contributed by atoms with Crippen molar-refractivity contribution in [1.29, 1.82) is 10.5 Å². The summed E-state index contributed by atoms with van der Waals surface area (Å²) >= 11 is 0. The monoisotopic (exact) mass is 480 g/mol. The zero-order valence-electron chi connectivity index (χ0n) is 19.9. The average molecular weight is 481 g/mol. The summed E-state index contributed by atoms with van der Waals surface area (Å²) in [4.78, 5) is 35.2. The van der Waals surface area contributed by atoms with Crippen molar-refractivity contribution >= 4 is 17.6 Å². The van der Waals surface area contributed by atoms with Gasteiger partial charge in [0.2, 0.25) is 17.8 Å². The zero-order chi connectivity index (χ0) is 25.6. The van der Waals surface area contributed by atoms with Crippen LogP contribution in [-0.4, -0.2) is 83.9 Å². The predicted molar refractivity (Wildman–Crippen MR) is 127 cm³/mol. The van der Waals surface area contributed by atoms with Gasteiger partial charge in [0.15, 0.2) is 0 Å². The molecular weight excluding hydrogens is 451 g/mol. The van der Waals surface area contributed by atoms with Crippen LogP contribution in [-0.2, 0) is 9.59 Å². The molecule has 2 aliphatic heterocycles. The summed E-state index contributed by atoms with van der Waals surface area (Å²) in [6.07, 6.45) is 2.77. The topological polar surface area (TPSA) is 129 Å². The molecule has 0 bridgehead atoms. The quantitative estimate of drug-likeness (QED) is 0.602. The second-order valence-corrected chi connectivity index (χ2v) is 7.75. The van der Waals surface area contributed by atoms with Gasteiger partial charge < -0.3 is 20.0 Å². The molecule has 2 saturated heterocycles. The number of carbonyl (C=O) groups excluding carboxylic acids is 2. The number of nitrogens with one attached hydrogen (secondary N) is 1. The van der Waals surface area contributed by atoms with E-state index in [1.807, 2.05) is 28.0 Å². The average Bonchev–Trinajstić information content (AvgIpc) is 2.90. The number of anilines is 1. The number of carbonyl (C=O) groups is 2. The molecule has 35 heavy (non-hydrogen) atoms. The van der Waals surface area contributed by atoms with Crippen molar-refractivity contribution < 1.29 is 14.0 Å². The Bertz CT molecular complexity index is 1030. The molecule has 4 heterocycles. The van der Waals surface area contributed by atoms with Crippen LogP contribution in [0.4, 0.5) is 10.2 Å². The highest BCUT2D eigenvalue weighted by molar-refractivity contribution is 5.73. The summed E-state index contributed by atoms with van der Waals surface area (Å²) in [6, 6.07) is 10.0. The van der Waals surface area contributed by atoms with E-state index in [1.165, 1.54) is 12.3 Å². The van der Waals surface area contributed by atoms with Crippen molar-refractivity contribution in [2.45, 2.75) is 13.8 Å². The molecule has 0 saturated carbocycles. The van der Waals surface area contributed by atoms with Gasteiger partial charge in [-0.25, -0.2) is 9.97 Å². The third kappa shape index (κ3) is 9.35. The number of halogens is 1. The fraction of sp³-hybridized carbons (Fsp3) is 0.417. The minimum atomic E-state index is -0.561. The summed E-state index contributed by atoms with van der Waals surface area (Å²) in [5, 5.41) is 20.1. The molecule has 2 amide bonds. The van der Waals surface area contributed by atoms with Crippen LogP contribution in [0.25, 0.3) is 0 Å². The number of nitrogens with zero attached hydrogens (tertiary/aromatic N) is 7. The minimum absolute atomic E-state index is 0.123. The van der Waals surface area contributed by atoms with E-state index in [0.29, 0.717) is 11.1 Å². The van der Waals surface area contributed by atoms with E-state index in [0.717, 1.165) is 64.2 Å². The van der Waals surface area contributed by atoms with Gasteiger partial charge in [-0.2, -0.15) is 14.9 Å². The molecule has 0 aromatic carbocycles. The van der Waals surface area contributed by atoms with Gasteiger partial charge in [0.1, 0.15) is 18.0 Å². The Balaban J connectivity index is 0.000000203. The highest BCUT2D eigenvalue weighted by atomic mass is 19.1. The molecule has 2 aliphatic rings. The van der Waals surface area contributed by atoms with Gasteiger partial charge in [0.05, 0.1) is 11.1 Å². The summed E-state index contributed by atoms with van der Waals surface area (Å²) in [6.45, 7) is 9.88. The maximum Gasteiger partial charge on any atom is 0.219 e. The van der Waals surface area contributed by atoms with Crippen molar-refractivity contribution in [2.24, 2.45) is 0 Å². The highest BCUT2D eigenvalue weighted by Gasteiger charge is 2.19. The molecule has 2 fully saturated rings. The molecule has 0 radical (unpaired) electrons. The number of rotatable bonds is 1. The molecule has 1 N–H and O–H groups in total. The Morgan fingerprint density at radius 1 is 0.829 bits per heavy atom. The van der Waals surface area contributed by atoms with Crippen LogP contribution >= 0.6 is 0 Å². The Kier molecular flexibility index (Phi) is 11.0. The van der Waals surface area contributed by atoms with Crippen LogP contribution in [0.3, 0.4) is 0 Å². The lowest BCUT2D eigenvalue weighted by Crippen LogP contribution is -2.48. The standard InChI is InChI=1S/C12H14N4O.C6H3FN2.C6H12N2O/c1-10(17)15-4-6-16(7-5-15)12-3-2-11(8-13)9-14-12;7-6-2-1-5(3-8)4-9-6;1-6(9)8-4-2-7-3-5-8/h2-3,9H,4-7H2,1H3;1-2,4H;7H,2-5H2,1H3. The van der Waals surface area contributed by atoms with E-state index in [2.05, 4.69) is 20.2 Å². The number of pyridine rings is 2. The minimum Gasteiger partial charge on any atom is -0.353 e. The Morgan fingerprint density at radius 3 is 1.74 bits per heavy atom. The molecule has 184 valence electrons. The first kappa shape index (κ1) is 27.2. The Morgan fingerprint density at radius 2 is 1.34 bits per heavy atom. The smallest absolute Gasteiger partial charge is 0.219 e. The third-order valence-electron chi connectivity index (χ3n) is 5.34. The largest absolute Gasteiger partial charge is 0.353 e. The fourth-order valence-electron chi connectivity index (χ4n) is 3.31. The lowest BCUT2D eigenvalue weighted by atomic mass is 10.2. The van der Waals surface area contributed by atoms with E-state index in [-0.39, 0.29) is 11.8 Å². The molecular formula is C24H29FN8O2. The predicted octanol–water partition coefficient (Wildman–Crippen LogP) is 1.15. The van der Waals surface area contributed by atoms with Crippen LogP contribution in [0.1, 0.15) is 25.0 Å². The zero-order valence-corrected chi connectivity index (χ0v) is 19.9. The second kappa shape index (κ2) is 14.2. The lowest BCUT2D eigenvalue weighted by molar-refractivity contribution is -0.130. The van der Waals surface area contributed by atoms with Gasteiger partial charge in [-0.1, -0.05) is 0 Å². The highest BCUT2D eigenvalue weighted by Crippen LogP contribution is 2.13.